The number of aryl methyl sites for hydroxylation is 1. The molecule has 0 fully saturated rings. The van der Waals surface area contributed by atoms with Gasteiger partial charge in [-0.25, -0.2) is 0 Å². The monoisotopic (exact) mass is 380 g/mol. The smallest absolute Gasteiger partial charge is 0.225 e. The molecule has 0 saturated carbocycles. The molecule has 0 spiro atoms. The normalized spacial score (nSPS) is 13.0. The zero-order valence-corrected chi connectivity index (χ0v) is 15.7. The number of hydrogen-bond donors (Lipinski definition) is 1. The van der Waals surface area contributed by atoms with E-state index in [0.717, 1.165) is 17.9 Å². The second-order valence-corrected chi connectivity index (χ2v) is 6.69. The molecule has 5 heteroatoms. The van der Waals surface area contributed by atoms with Crippen molar-refractivity contribution < 1.29 is 18.3 Å². The average Bonchev–Trinajstić information content (AvgIpc) is 2.73. The van der Waals surface area contributed by atoms with Crippen LogP contribution in [0.2, 0.25) is 0 Å². The van der Waals surface area contributed by atoms with Crippen LogP contribution in [0.3, 0.4) is 0 Å². The third-order valence-electron chi connectivity index (χ3n) is 4.13. The molecule has 0 aliphatic carbocycles. The van der Waals surface area contributed by atoms with Gasteiger partial charge in [-0.15, -0.1) is 0 Å². The SMILES string of the molecule is Cc1ccc(OSOCC(O)(C(=O)c2ccccc2)c2ccccc2)cc1. The highest BCUT2D eigenvalue weighted by Crippen LogP contribution is 2.28. The third kappa shape index (κ3) is 4.77. The number of ketones is 1. The number of hydrogen-bond acceptors (Lipinski definition) is 5. The Morgan fingerprint density at radius 1 is 0.926 bits per heavy atom. The fraction of sp³-hybridized carbons (Fsp3) is 0.136. The molecule has 0 radical (unpaired) electrons. The molecule has 0 saturated heterocycles. The summed E-state index contributed by atoms with van der Waals surface area (Å²) in [6.45, 7) is 1.74. The Balaban J connectivity index is 1.72. The number of aliphatic hydroxyl groups is 1. The molecule has 1 unspecified atom stereocenters. The summed E-state index contributed by atoms with van der Waals surface area (Å²) in [7, 11) is 0. The lowest BCUT2D eigenvalue weighted by atomic mass is 9.86. The molecule has 3 aromatic rings. The maximum atomic E-state index is 13.0. The summed E-state index contributed by atoms with van der Waals surface area (Å²) < 4.78 is 10.9. The molecule has 1 atom stereocenters. The maximum absolute atomic E-state index is 13.0. The molecule has 0 heterocycles. The van der Waals surface area contributed by atoms with E-state index >= 15 is 0 Å². The Morgan fingerprint density at radius 3 is 2.15 bits per heavy atom. The van der Waals surface area contributed by atoms with Crippen molar-refractivity contribution in [2.24, 2.45) is 0 Å². The van der Waals surface area contributed by atoms with Gasteiger partial charge in [0.15, 0.2) is 5.60 Å². The van der Waals surface area contributed by atoms with Crippen LogP contribution in [0.15, 0.2) is 84.9 Å². The van der Waals surface area contributed by atoms with Gasteiger partial charge in [0.05, 0.1) is 0 Å². The van der Waals surface area contributed by atoms with Crippen molar-refractivity contribution in [1.82, 2.24) is 0 Å². The summed E-state index contributed by atoms with van der Waals surface area (Å²) in [5, 5.41) is 11.2. The molecule has 0 aliphatic rings. The third-order valence-corrected chi connectivity index (χ3v) is 4.60. The van der Waals surface area contributed by atoms with Gasteiger partial charge < -0.3 is 9.29 Å². The summed E-state index contributed by atoms with van der Waals surface area (Å²) in [6.07, 6.45) is 0. The van der Waals surface area contributed by atoms with Gasteiger partial charge in [-0.1, -0.05) is 78.4 Å². The van der Waals surface area contributed by atoms with E-state index in [2.05, 4.69) is 0 Å². The van der Waals surface area contributed by atoms with E-state index in [4.69, 9.17) is 8.37 Å². The van der Waals surface area contributed by atoms with Crippen molar-refractivity contribution in [1.29, 1.82) is 0 Å². The van der Waals surface area contributed by atoms with Crippen LogP contribution in [0.4, 0.5) is 0 Å². The highest BCUT2D eigenvalue weighted by Gasteiger charge is 2.39. The predicted octanol–water partition coefficient (Wildman–Crippen LogP) is 4.72. The number of rotatable bonds is 8. The van der Waals surface area contributed by atoms with E-state index in [1.54, 1.807) is 48.5 Å². The Kier molecular flexibility index (Phi) is 6.29. The molecule has 0 bridgehead atoms. The Bertz CT molecular complexity index is 866. The quantitative estimate of drug-likeness (QED) is 0.348. The number of benzene rings is 3. The van der Waals surface area contributed by atoms with Crippen molar-refractivity contribution in [3.63, 3.8) is 0 Å². The molecule has 1 N–H and O–H groups in total. The molecule has 4 nitrogen and oxygen atoms in total. The van der Waals surface area contributed by atoms with Gasteiger partial charge in [0.2, 0.25) is 18.1 Å². The van der Waals surface area contributed by atoms with Crippen molar-refractivity contribution in [3.8, 4) is 5.75 Å². The fourth-order valence-corrected chi connectivity index (χ4v) is 3.05. The lowest BCUT2D eigenvalue weighted by Crippen LogP contribution is -2.40. The van der Waals surface area contributed by atoms with Gasteiger partial charge in [0.1, 0.15) is 12.4 Å². The van der Waals surface area contributed by atoms with Crippen molar-refractivity contribution in [3.05, 3.63) is 102 Å². The first-order chi connectivity index (χ1) is 13.1. The van der Waals surface area contributed by atoms with E-state index in [1.165, 1.54) is 0 Å². The molecule has 3 aromatic carbocycles. The topological polar surface area (TPSA) is 55.8 Å². The van der Waals surface area contributed by atoms with Crippen molar-refractivity contribution >= 4 is 18.1 Å². The lowest BCUT2D eigenvalue weighted by molar-refractivity contribution is 0.00587. The number of carbonyl (C=O) groups excluding carboxylic acids is 1. The van der Waals surface area contributed by atoms with Gasteiger partial charge in [0, 0.05) is 5.56 Å². The van der Waals surface area contributed by atoms with Crippen LogP contribution in [0.25, 0.3) is 0 Å². The second kappa shape index (κ2) is 8.86. The molecule has 27 heavy (non-hydrogen) atoms. The molecular weight excluding hydrogens is 360 g/mol. The van der Waals surface area contributed by atoms with E-state index in [1.807, 2.05) is 43.3 Å². The highest BCUT2D eigenvalue weighted by molar-refractivity contribution is 7.90. The standard InChI is InChI=1S/C22H20O4S/c1-17-12-14-20(15-13-17)26-27-25-16-22(24,19-10-6-3-7-11-19)21(23)18-8-4-2-5-9-18/h2-15,24H,16H2,1H3. The summed E-state index contributed by atoms with van der Waals surface area (Å²) >= 11 is 0.734. The Hall–Kier alpha value is -2.60. The Labute approximate surface area is 163 Å². The van der Waals surface area contributed by atoms with Crippen molar-refractivity contribution in [2.75, 3.05) is 6.61 Å². The zero-order chi connectivity index (χ0) is 19.1. The Morgan fingerprint density at radius 2 is 1.52 bits per heavy atom. The van der Waals surface area contributed by atoms with Crippen LogP contribution < -0.4 is 4.18 Å². The number of carbonyl (C=O) groups is 1. The van der Waals surface area contributed by atoms with E-state index < -0.39 is 11.4 Å². The first-order valence-electron chi connectivity index (χ1n) is 8.50. The minimum atomic E-state index is -1.81. The van der Waals surface area contributed by atoms with Crippen molar-refractivity contribution in [2.45, 2.75) is 12.5 Å². The van der Waals surface area contributed by atoms with Crippen LogP contribution in [-0.4, -0.2) is 17.5 Å². The van der Waals surface area contributed by atoms with Crippen LogP contribution in [0.1, 0.15) is 21.5 Å². The largest absolute Gasteiger partial charge is 0.400 e. The fourth-order valence-electron chi connectivity index (χ4n) is 2.59. The molecular formula is C22H20O4S. The lowest BCUT2D eigenvalue weighted by Gasteiger charge is -2.26. The van der Waals surface area contributed by atoms with Gasteiger partial charge in [0.25, 0.3) is 0 Å². The summed E-state index contributed by atoms with van der Waals surface area (Å²) in [5.41, 5.74) is 0.193. The molecule has 3 rings (SSSR count). The van der Waals surface area contributed by atoms with Crippen LogP contribution >= 0.6 is 12.3 Å². The molecule has 138 valence electrons. The van der Waals surface area contributed by atoms with Crippen LogP contribution in [0, 0.1) is 6.92 Å². The van der Waals surface area contributed by atoms with Gasteiger partial charge in [-0.05, 0) is 24.6 Å². The maximum Gasteiger partial charge on any atom is 0.225 e. The minimum Gasteiger partial charge on any atom is -0.400 e. The first kappa shape index (κ1) is 19.2. The van der Waals surface area contributed by atoms with E-state index in [-0.39, 0.29) is 6.61 Å². The summed E-state index contributed by atoms with van der Waals surface area (Å²) in [5.74, 6) is 0.202. The molecule has 0 aliphatic heterocycles. The number of Topliss-reactive ketones (excluding diaryl/α,β-unsaturated/α-hetero) is 1. The molecule has 0 aromatic heterocycles. The van der Waals surface area contributed by atoms with Gasteiger partial charge >= 0.3 is 0 Å². The van der Waals surface area contributed by atoms with E-state index in [0.29, 0.717) is 16.9 Å². The summed E-state index contributed by atoms with van der Waals surface area (Å²) in [6, 6.07) is 25.0. The predicted molar refractivity (Wildman–Crippen MR) is 106 cm³/mol. The van der Waals surface area contributed by atoms with Gasteiger partial charge in [-0.2, -0.15) is 0 Å². The summed E-state index contributed by atoms with van der Waals surface area (Å²) in [4.78, 5) is 13.0. The first-order valence-corrected chi connectivity index (χ1v) is 9.17. The van der Waals surface area contributed by atoms with Crippen LogP contribution in [-0.2, 0) is 9.78 Å². The molecule has 0 amide bonds. The van der Waals surface area contributed by atoms with Gasteiger partial charge in [-0.3, -0.25) is 8.98 Å². The zero-order valence-electron chi connectivity index (χ0n) is 14.9. The average molecular weight is 380 g/mol. The highest BCUT2D eigenvalue weighted by atomic mass is 32.2. The minimum absolute atomic E-state index is 0.249. The van der Waals surface area contributed by atoms with E-state index in [9.17, 15) is 9.90 Å². The second-order valence-electron chi connectivity index (χ2n) is 6.15. The van der Waals surface area contributed by atoms with Crippen LogP contribution in [0.5, 0.6) is 5.75 Å².